The van der Waals surface area contributed by atoms with Gasteiger partial charge in [0.25, 0.3) is 0 Å². The summed E-state index contributed by atoms with van der Waals surface area (Å²) in [6.07, 6.45) is 32.4. The molecule has 0 aromatic carbocycles. The molecule has 0 saturated heterocycles. The lowest BCUT2D eigenvalue weighted by Gasteiger charge is -2.25. The largest absolute Gasteiger partial charge is 0.472 e. The van der Waals surface area contributed by atoms with Crippen LogP contribution in [0.4, 0.5) is 0 Å². The maximum Gasteiger partial charge on any atom is 0.472 e. The molecule has 8 nitrogen and oxygen atoms in total. The lowest BCUT2D eigenvalue weighted by atomic mass is 10.1. The molecule has 1 amide bonds. The zero-order valence-electron chi connectivity index (χ0n) is 30.6. The molecule has 0 rings (SSSR count). The Morgan fingerprint density at radius 3 is 1.74 bits per heavy atom. The fraction of sp³-hybridized carbons (Fsp3) is 0.865. The minimum atomic E-state index is -4.33. The third kappa shape index (κ3) is 31.6. The van der Waals surface area contributed by atoms with Gasteiger partial charge in [-0.15, -0.1) is 0 Å². The highest BCUT2D eigenvalue weighted by atomic mass is 31.2. The topological polar surface area (TPSA) is 105 Å². The number of nitrogens with one attached hydrogen (secondary N) is 1. The van der Waals surface area contributed by atoms with E-state index in [0.717, 1.165) is 38.5 Å². The van der Waals surface area contributed by atoms with E-state index < -0.39 is 20.0 Å². The molecule has 0 aromatic rings. The van der Waals surface area contributed by atoms with Crippen LogP contribution in [0.3, 0.4) is 0 Å². The molecule has 3 atom stereocenters. The third-order valence-electron chi connectivity index (χ3n) is 8.17. The monoisotopic (exact) mass is 674 g/mol. The van der Waals surface area contributed by atoms with Gasteiger partial charge in [0, 0.05) is 6.42 Å². The van der Waals surface area contributed by atoms with Crippen LogP contribution in [0.5, 0.6) is 0 Å². The molecule has 0 radical (unpaired) electrons. The molecule has 46 heavy (non-hydrogen) atoms. The van der Waals surface area contributed by atoms with Crippen LogP contribution in [-0.2, 0) is 18.4 Å². The Morgan fingerprint density at radius 1 is 0.717 bits per heavy atom. The summed E-state index contributed by atoms with van der Waals surface area (Å²) >= 11 is 0. The molecule has 0 saturated carbocycles. The van der Waals surface area contributed by atoms with Crippen molar-refractivity contribution < 1.29 is 32.9 Å². The van der Waals surface area contributed by atoms with Crippen LogP contribution >= 0.6 is 7.82 Å². The number of aliphatic hydroxyl groups is 1. The van der Waals surface area contributed by atoms with Crippen LogP contribution in [0.1, 0.15) is 155 Å². The molecule has 0 spiro atoms. The first-order valence-corrected chi connectivity index (χ1v) is 20.2. The molecule has 0 aromatic heterocycles. The zero-order valence-corrected chi connectivity index (χ0v) is 31.5. The number of hydrogen-bond donors (Lipinski definition) is 3. The number of carbonyl (C=O) groups is 1. The van der Waals surface area contributed by atoms with E-state index in [4.69, 9.17) is 9.05 Å². The van der Waals surface area contributed by atoms with E-state index in [0.29, 0.717) is 17.4 Å². The number of hydrogen-bond acceptors (Lipinski definition) is 5. The molecular formula is C37H74N2O6P+. The van der Waals surface area contributed by atoms with Crippen molar-refractivity contribution in [3.63, 3.8) is 0 Å². The quantitative estimate of drug-likeness (QED) is 0.0278. The number of amides is 1. The lowest BCUT2D eigenvalue weighted by Crippen LogP contribution is -2.45. The van der Waals surface area contributed by atoms with Gasteiger partial charge in [0.15, 0.2) is 0 Å². The maximum atomic E-state index is 12.7. The number of rotatable bonds is 33. The second-order valence-electron chi connectivity index (χ2n) is 13.9. The number of likely N-dealkylation sites (N-methyl/N-ethyl adjacent to an activating group) is 1. The van der Waals surface area contributed by atoms with E-state index >= 15 is 0 Å². The van der Waals surface area contributed by atoms with Crippen molar-refractivity contribution in [3.8, 4) is 0 Å². The zero-order chi connectivity index (χ0) is 34.4. The van der Waals surface area contributed by atoms with Gasteiger partial charge in [-0.05, 0) is 32.1 Å². The standard InChI is InChI=1S/C37H73N2O6P/c1-6-8-10-12-14-16-18-19-20-21-22-24-26-28-30-36(40)35(34-45-46(42,43)44-33-32-39(3,4)5)38-37(41)31-29-27-25-23-17-15-13-11-9-7-2/h21-22,28,30,35-36,40H,6-20,23-27,29,31-34H2,1-5H3,(H-,38,41,42,43)/p+1/b22-21+,30-28+. The number of phosphoric ester groups is 1. The van der Waals surface area contributed by atoms with Gasteiger partial charge in [0.2, 0.25) is 5.91 Å². The van der Waals surface area contributed by atoms with Gasteiger partial charge >= 0.3 is 7.82 Å². The summed E-state index contributed by atoms with van der Waals surface area (Å²) in [5.74, 6) is -0.191. The summed E-state index contributed by atoms with van der Waals surface area (Å²) in [6, 6.07) is -0.855. The average Bonchev–Trinajstić information content (AvgIpc) is 2.99. The van der Waals surface area contributed by atoms with Crippen molar-refractivity contribution >= 4 is 13.7 Å². The fourth-order valence-electron chi connectivity index (χ4n) is 5.11. The van der Waals surface area contributed by atoms with Crippen molar-refractivity contribution in [2.75, 3.05) is 40.9 Å². The summed E-state index contributed by atoms with van der Waals surface area (Å²) in [7, 11) is 1.55. The van der Waals surface area contributed by atoms with Crippen LogP contribution in [-0.4, -0.2) is 73.4 Å². The van der Waals surface area contributed by atoms with E-state index in [9.17, 15) is 19.4 Å². The van der Waals surface area contributed by atoms with Gasteiger partial charge < -0.3 is 19.8 Å². The van der Waals surface area contributed by atoms with Crippen molar-refractivity contribution in [1.82, 2.24) is 5.32 Å². The highest BCUT2D eigenvalue weighted by Crippen LogP contribution is 2.43. The van der Waals surface area contributed by atoms with Crippen LogP contribution in [0.2, 0.25) is 0 Å². The van der Waals surface area contributed by atoms with Crippen molar-refractivity contribution in [2.45, 2.75) is 167 Å². The Bertz CT molecular complexity index is 814. The van der Waals surface area contributed by atoms with E-state index in [1.54, 1.807) is 6.08 Å². The second kappa shape index (κ2) is 30.1. The second-order valence-corrected chi connectivity index (χ2v) is 15.4. The Labute approximate surface area is 284 Å². The molecular weight excluding hydrogens is 599 g/mol. The summed E-state index contributed by atoms with van der Waals surface area (Å²) in [5.41, 5.74) is 0. The highest BCUT2D eigenvalue weighted by molar-refractivity contribution is 7.47. The number of unbranched alkanes of at least 4 members (excludes halogenated alkanes) is 18. The summed E-state index contributed by atoms with van der Waals surface area (Å²) in [4.78, 5) is 22.9. The van der Waals surface area contributed by atoms with Gasteiger partial charge in [0.05, 0.1) is 39.9 Å². The molecule has 0 bridgehead atoms. The highest BCUT2D eigenvalue weighted by Gasteiger charge is 2.27. The number of allylic oxidation sites excluding steroid dienone is 3. The first kappa shape index (κ1) is 45.0. The van der Waals surface area contributed by atoms with Gasteiger partial charge in [0.1, 0.15) is 13.2 Å². The molecule has 0 aliphatic carbocycles. The van der Waals surface area contributed by atoms with Gasteiger partial charge in [-0.3, -0.25) is 13.8 Å². The number of nitrogens with zero attached hydrogens (tertiary/aromatic N) is 1. The van der Waals surface area contributed by atoms with E-state index in [1.807, 2.05) is 27.2 Å². The van der Waals surface area contributed by atoms with Gasteiger partial charge in [-0.25, -0.2) is 4.57 Å². The normalized spacial score (nSPS) is 15.0. The predicted molar refractivity (Wildman–Crippen MR) is 194 cm³/mol. The van der Waals surface area contributed by atoms with E-state index in [2.05, 4.69) is 31.3 Å². The summed E-state index contributed by atoms with van der Waals surface area (Å²) in [5, 5.41) is 13.7. The predicted octanol–water partition coefficient (Wildman–Crippen LogP) is 9.41. The number of quaternary nitrogens is 1. The van der Waals surface area contributed by atoms with Crippen molar-refractivity contribution in [3.05, 3.63) is 24.3 Å². The van der Waals surface area contributed by atoms with Gasteiger partial charge in [-0.1, -0.05) is 141 Å². The first-order valence-electron chi connectivity index (χ1n) is 18.7. The van der Waals surface area contributed by atoms with Crippen molar-refractivity contribution in [1.29, 1.82) is 0 Å². The lowest BCUT2D eigenvalue weighted by molar-refractivity contribution is -0.870. The Hall–Kier alpha value is -1.02. The fourth-order valence-corrected chi connectivity index (χ4v) is 5.85. The average molecular weight is 674 g/mol. The van der Waals surface area contributed by atoms with Crippen LogP contribution in [0.15, 0.2) is 24.3 Å². The Morgan fingerprint density at radius 2 is 1.20 bits per heavy atom. The SMILES string of the molecule is CCCCCCCCCC/C=C/CC/C=C/C(O)C(COP(=O)(O)OCC[N+](C)(C)C)NC(=O)CCCCCCCCCCCC. The summed E-state index contributed by atoms with van der Waals surface area (Å²) in [6.45, 7) is 4.75. The van der Waals surface area contributed by atoms with Crippen LogP contribution < -0.4 is 5.32 Å². The smallest absolute Gasteiger partial charge is 0.387 e. The van der Waals surface area contributed by atoms with Crippen molar-refractivity contribution in [2.24, 2.45) is 0 Å². The Kier molecular flexibility index (Phi) is 29.4. The summed E-state index contributed by atoms with van der Waals surface area (Å²) < 4.78 is 23.4. The molecule has 3 N–H and O–H groups in total. The van der Waals surface area contributed by atoms with Gasteiger partial charge in [-0.2, -0.15) is 0 Å². The Balaban J connectivity index is 4.61. The van der Waals surface area contributed by atoms with Crippen LogP contribution in [0.25, 0.3) is 0 Å². The molecule has 0 heterocycles. The minimum absolute atomic E-state index is 0.0576. The number of carbonyl (C=O) groups excluding carboxylic acids is 1. The first-order chi connectivity index (χ1) is 22.0. The molecule has 0 aliphatic rings. The third-order valence-corrected chi connectivity index (χ3v) is 9.16. The van der Waals surface area contributed by atoms with E-state index in [-0.39, 0.29) is 19.1 Å². The van der Waals surface area contributed by atoms with E-state index in [1.165, 1.54) is 96.3 Å². The maximum absolute atomic E-state index is 12.7. The molecule has 3 unspecified atom stereocenters. The number of aliphatic hydroxyl groups excluding tert-OH is 1. The molecule has 0 aliphatic heterocycles. The minimum Gasteiger partial charge on any atom is -0.387 e. The molecule has 9 heteroatoms. The molecule has 272 valence electrons. The van der Waals surface area contributed by atoms with Crippen LogP contribution in [0, 0.1) is 0 Å². The number of phosphoric acid groups is 1. The molecule has 0 fully saturated rings.